The predicted molar refractivity (Wildman–Crippen MR) is 103 cm³/mol. The first-order chi connectivity index (χ1) is 13.5. The first kappa shape index (κ1) is 17.5. The van der Waals surface area contributed by atoms with Gasteiger partial charge in [-0.25, -0.2) is 14.2 Å². The first-order valence-electron chi connectivity index (χ1n) is 8.36. The Labute approximate surface area is 158 Å². The molecular formula is C19H16FN5O3. The molecule has 142 valence electrons. The van der Waals surface area contributed by atoms with Crippen molar-refractivity contribution in [3.63, 3.8) is 0 Å². The molecule has 4 rings (SSSR count). The summed E-state index contributed by atoms with van der Waals surface area (Å²) in [4.78, 5) is 22.5. The van der Waals surface area contributed by atoms with Crippen LogP contribution in [0.4, 0.5) is 27.5 Å². The molecule has 0 spiro atoms. The normalized spacial score (nSPS) is 10.8. The van der Waals surface area contributed by atoms with Gasteiger partial charge in [0.2, 0.25) is 5.95 Å². The average molecular weight is 381 g/mol. The molecule has 0 saturated heterocycles. The minimum absolute atomic E-state index is 0.123. The molecule has 2 aromatic heterocycles. The highest BCUT2D eigenvalue weighted by atomic mass is 19.1. The van der Waals surface area contributed by atoms with Crippen molar-refractivity contribution in [3.05, 3.63) is 64.5 Å². The van der Waals surface area contributed by atoms with E-state index in [1.54, 1.807) is 36.5 Å². The van der Waals surface area contributed by atoms with Crippen molar-refractivity contribution in [1.29, 1.82) is 0 Å². The SMILES string of the molecule is COc1cccc(Nc2ncc(C)c(Nc3ccc4oc(=O)[nH]c4c3)n2)c1F. The second kappa shape index (κ2) is 7.03. The van der Waals surface area contributed by atoms with Crippen LogP contribution in [0.1, 0.15) is 5.56 Å². The molecule has 0 radical (unpaired) electrons. The lowest BCUT2D eigenvalue weighted by atomic mass is 10.2. The largest absolute Gasteiger partial charge is 0.494 e. The fourth-order valence-corrected chi connectivity index (χ4v) is 2.68. The van der Waals surface area contributed by atoms with Gasteiger partial charge >= 0.3 is 5.76 Å². The van der Waals surface area contributed by atoms with Gasteiger partial charge in [-0.1, -0.05) is 6.07 Å². The molecule has 2 aromatic carbocycles. The Kier molecular flexibility index (Phi) is 4.40. The number of aromatic amines is 1. The number of halogens is 1. The lowest BCUT2D eigenvalue weighted by molar-refractivity contribution is 0.387. The van der Waals surface area contributed by atoms with Crippen LogP contribution in [0.2, 0.25) is 0 Å². The molecule has 0 atom stereocenters. The lowest BCUT2D eigenvalue weighted by Gasteiger charge is -2.12. The first-order valence-corrected chi connectivity index (χ1v) is 8.36. The highest BCUT2D eigenvalue weighted by Crippen LogP contribution is 2.27. The Morgan fingerprint density at radius 2 is 2.07 bits per heavy atom. The Bertz CT molecular complexity index is 1220. The monoisotopic (exact) mass is 381 g/mol. The molecule has 0 aliphatic rings. The van der Waals surface area contributed by atoms with Gasteiger partial charge in [-0.15, -0.1) is 0 Å². The molecule has 0 unspecified atom stereocenters. The molecule has 0 amide bonds. The lowest BCUT2D eigenvalue weighted by Crippen LogP contribution is -2.04. The van der Waals surface area contributed by atoms with Crippen LogP contribution in [-0.4, -0.2) is 22.1 Å². The Hall–Kier alpha value is -3.88. The topological polar surface area (TPSA) is 105 Å². The standard InChI is InChI=1S/C19H16FN5O3/c1-10-9-21-18(23-12-4-3-5-15(27-2)16(12)20)25-17(10)22-11-6-7-14-13(8-11)24-19(26)28-14/h3-9H,1-2H3,(H,24,26)(H2,21,22,23,25). The quantitative estimate of drug-likeness (QED) is 0.482. The van der Waals surface area contributed by atoms with Gasteiger partial charge in [0.1, 0.15) is 5.82 Å². The number of hydrogen-bond acceptors (Lipinski definition) is 7. The van der Waals surface area contributed by atoms with Crippen molar-refractivity contribution in [2.45, 2.75) is 6.92 Å². The summed E-state index contributed by atoms with van der Waals surface area (Å²) in [6, 6.07) is 9.93. The van der Waals surface area contributed by atoms with Crippen LogP contribution in [0.25, 0.3) is 11.1 Å². The molecule has 8 nitrogen and oxygen atoms in total. The average Bonchev–Trinajstić information content (AvgIpc) is 3.05. The summed E-state index contributed by atoms with van der Waals surface area (Å²) in [6.07, 6.45) is 1.62. The maximum absolute atomic E-state index is 14.3. The van der Waals surface area contributed by atoms with Crippen LogP contribution in [0.3, 0.4) is 0 Å². The zero-order valence-corrected chi connectivity index (χ0v) is 15.0. The van der Waals surface area contributed by atoms with E-state index in [0.29, 0.717) is 22.6 Å². The molecular weight excluding hydrogens is 365 g/mol. The van der Waals surface area contributed by atoms with Crippen LogP contribution in [0.5, 0.6) is 5.75 Å². The summed E-state index contributed by atoms with van der Waals surface area (Å²) in [5, 5.41) is 6.02. The number of H-pyrrole nitrogens is 1. The number of rotatable bonds is 5. The number of anilines is 4. The maximum atomic E-state index is 14.3. The highest BCUT2D eigenvalue weighted by molar-refractivity contribution is 5.78. The van der Waals surface area contributed by atoms with E-state index in [1.807, 2.05) is 6.92 Å². The van der Waals surface area contributed by atoms with Crippen molar-refractivity contribution in [2.24, 2.45) is 0 Å². The number of oxazole rings is 1. The number of aromatic nitrogens is 3. The number of fused-ring (bicyclic) bond motifs is 1. The van der Waals surface area contributed by atoms with Gasteiger partial charge < -0.3 is 19.8 Å². The summed E-state index contributed by atoms with van der Waals surface area (Å²) in [7, 11) is 1.40. The predicted octanol–water partition coefficient (Wildman–Crippen LogP) is 3.85. The van der Waals surface area contributed by atoms with Gasteiger partial charge in [0.05, 0.1) is 18.3 Å². The zero-order valence-electron chi connectivity index (χ0n) is 15.0. The van der Waals surface area contributed by atoms with Gasteiger partial charge in [0.25, 0.3) is 0 Å². The third-order valence-electron chi connectivity index (χ3n) is 4.08. The molecule has 28 heavy (non-hydrogen) atoms. The molecule has 4 aromatic rings. The summed E-state index contributed by atoms with van der Waals surface area (Å²) >= 11 is 0. The number of aryl methyl sites for hydroxylation is 1. The van der Waals surface area contributed by atoms with E-state index in [4.69, 9.17) is 9.15 Å². The van der Waals surface area contributed by atoms with Crippen LogP contribution >= 0.6 is 0 Å². The van der Waals surface area contributed by atoms with Gasteiger partial charge in [0.15, 0.2) is 17.1 Å². The van der Waals surface area contributed by atoms with E-state index >= 15 is 0 Å². The Balaban J connectivity index is 1.62. The number of nitrogens with zero attached hydrogens (tertiary/aromatic N) is 2. The molecule has 0 saturated carbocycles. The summed E-state index contributed by atoms with van der Waals surface area (Å²) in [5.74, 6) is -0.169. The van der Waals surface area contributed by atoms with E-state index in [2.05, 4.69) is 25.6 Å². The van der Waals surface area contributed by atoms with Gasteiger partial charge in [0, 0.05) is 17.4 Å². The number of ether oxygens (including phenoxy) is 1. The fraction of sp³-hybridized carbons (Fsp3) is 0.105. The minimum Gasteiger partial charge on any atom is -0.494 e. The summed E-state index contributed by atoms with van der Waals surface area (Å²) in [5.41, 5.74) is 2.72. The Morgan fingerprint density at radius 1 is 1.21 bits per heavy atom. The van der Waals surface area contributed by atoms with Gasteiger partial charge in [-0.2, -0.15) is 4.98 Å². The minimum atomic E-state index is -0.530. The van der Waals surface area contributed by atoms with Crippen molar-refractivity contribution in [3.8, 4) is 5.75 Å². The number of benzene rings is 2. The molecule has 0 aliphatic carbocycles. The summed E-state index contributed by atoms with van der Waals surface area (Å²) < 4.78 is 24.3. The van der Waals surface area contributed by atoms with Crippen LogP contribution in [0, 0.1) is 12.7 Å². The second-order valence-corrected chi connectivity index (χ2v) is 6.02. The number of nitrogens with one attached hydrogen (secondary N) is 3. The van der Waals surface area contributed by atoms with Crippen molar-refractivity contribution < 1.29 is 13.5 Å². The van der Waals surface area contributed by atoms with Crippen LogP contribution in [-0.2, 0) is 0 Å². The van der Waals surface area contributed by atoms with E-state index in [-0.39, 0.29) is 17.4 Å². The smallest absolute Gasteiger partial charge is 0.417 e. The maximum Gasteiger partial charge on any atom is 0.417 e. The van der Waals surface area contributed by atoms with E-state index < -0.39 is 11.6 Å². The second-order valence-electron chi connectivity index (χ2n) is 6.02. The molecule has 9 heteroatoms. The van der Waals surface area contributed by atoms with Crippen LogP contribution in [0.15, 0.2) is 51.8 Å². The van der Waals surface area contributed by atoms with Crippen LogP contribution < -0.4 is 21.1 Å². The number of hydrogen-bond donors (Lipinski definition) is 3. The number of methoxy groups -OCH3 is 1. The van der Waals surface area contributed by atoms with Crippen molar-refractivity contribution in [2.75, 3.05) is 17.7 Å². The summed E-state index contributed by atoms with van der Waals surface area (Å²) in [6.45, 7) is 1.84. The van der Waals surface area contributed by atoms with Gasteiger partial charge in [-0.05, 0) is 37.3 Å². The van der Waals surface area contributed by atoms with Crippen molar-refractivity contribution in [1.82, 2.24) is 15.0 Å². The van der Waals surface area contributed by atoms with E-state index in [1.165, 1.54) is 13.2 Å². The van der Waals surface area contributed by atoms with Crippen molar-refractivity contribution >= 4 is 34.2 Å². The molecule has 2 heterocycles. The highest BCUT2D eigenvalue weighted by Gasteiger charge is 2.11. The molecule has 3 N–H and O–H groups in total. The fourth-order valence-electron chi connectivity index (χ4n) is 2.68. The third kappa shape index (κ3) is 3.37. The molecule has 0 aliphatic heterocycles. The Morgan fingerprint density at radius 3 is 2.89 bits per heavy atom. The van der Waals surface area contributed by atoms with Gasteiger partial charge in [-0.3, -0.25) is 4.98 Å². The third-order valence-corrected chi connectivity index (χ3v) is 4.08. The molecule has 0 fully saturated rings. The zero-order chi connectivity index (χ0) is 19.7. The molecule has 0 bridgehead atoms. The van der Waals surface area contributed by atoms with E-state index in [0.717, 1.165) is 5.56 Å². The van der Waals surface area contributed by atoms with E-state index in [9.17, 15) is 9.18 Å².